The number of hydrogen-bond donors (Lipinski definition) is 0. The molecule has 32 heavy (non-hydrogen) atoms. The number of aryl methyl sites for hydroxylation is 2. The maximum atomic E-state index is 13.3. The second kappa shape index (κ2) is 9.08. The zero-order valence-electron chi connectivity index (χ0n) is 18.9. The lowest BCUT2D eigenvalue weighted by molar-refractivity contribution is -0.0445. The second-order valence-corrected chi connectivity index (χ2v) is 8.73. The first-order valence-electron chi connectivity index (χ1n) is 11.2. The largest absolute Gasteiger partial charge is 0.453 e. The van der Waals surface area contributed by atoms with Crippen molar-refractivity contribution >= 4 is 12.1 Å². The molecule has 1 aliphatic carbocycles. The molecule has 0 bridgehead atoms. The molecule has 3 atom stereocenters. The van der Waals surface area contributed by atoms with Crippen molar-refractivity contribution in [3.05, 3.63) is 70.8 Å². The van der Waals surface area contributed by atoms with Gasteiger partial charge in [-0.2, -0.15) is 0 Å². The van der Waals surface area contributed by atoms with Crippen molar-refractivity contribution in [2.45, 2.75) is 51.2 Å². The van der Waals surface area contributed by atoms with E-state index < -0.39 is 5.60 Å². The predicted molar refractivity (Wildman–Crippen MR) is 122 cm³/mol. The van der Waals surface area contributed by atoms with Gasteiger partial charge in [0.25, 0.3) is 0 Å². The number of carbonyl (C=O) groups excluding carboxylic acids is 2. The molecule has 3 unspecified atom stereocenters. The maximum absolute atomic E-state index is 13.3. The summed E-state index contributed by atoms with van der Waals surface area (Å²) in [6.07, 6.45) is 2.72. The highest BCUT2D eigenvalue weighted by molar-refractivity contribution is 5.91. The number of benzene rings is 2. The number of hydrogen-bond acceptors (Lipinski definition) is 4. The molecule has 0 spiro atoms. The van der Waals surface area contributed by atoms with Crippen LogP contribution in [0.3, 0.4) is 0 Å². The Balaban J connectivity index is 1.73. The summed E-state index contributed by atoms with van der Waals surface area (Å²) in [4.78, 5) is 27.4. The van der Waals surface area contributed by atoms with Gasteiger partial charge in [0.2, 0.25) is 0 Å². The molecule has 0 N–H and O–H groups in total. The van der Waals surface area contributed by atoms with Gasteiger partial charge in [-0.1, -0.05) is 36.3 Å². The average Bonchev–Trinajstić information content (AvgIpc) is 3.23. The Morgan fingerprint density at radius 3 is 2.66 bits per heavy atom. The van der Waals surface area contributed by atoms with Gasteiger partial charge in [-0.05, 0) is 74.8 Å². The molecule has 0 aromatic heterocycles. The summed E-state index contributed by atoms with van der Waals surface area (Å²) in [5.74, 6) is 6.23. The summed E-state index contributed by atoms with van der Waals surface area (Å²) in [6.45, 7) is 4.51. The van der Waals surface area contributed by atoms with Crippen LogP contribution in [-0.2, 0) is 9.47 Å². The number of nitrogens with zero attached hydrogens (tertiary/aromatic N) is 1. The first-order valence-corrected chi connectivity index (χ1v) is 11.2. The highest BCUT2D eigenvalue weighted by Crippen LogP contribution is 2.45. The Morgan fingerprint density at radius 1 is 1.09 bits per heavy atom. The van der Waals surface area contributed by atoms with Crippen LogP contribution in [0.25, 0.3) is 0 Å². The fraction of sp³-hybridized carbons (Fsp3) is 0.407. The van der Waals surface area contributed by atoms with Gasteiger partial charge in [-0.3, -0.25) is 0 Å². The van der Waals surface area contributed by atoms with Gasteiger partial charge in [-0.15, -0.1) is 0 Å². The molecule has 1 heterocycles. The third kappa shape index (κ3) is 4.23. The van der Waals surface area contributed by atoms with Gasteiger partial charge < -0.3 is 14.4 Å². The molecule has 2 aromatic carbocycles. The Bertz CT molecular complexity index is 1080. The second-order valence-electron chi connectivity index (χ2n) is 8.73. The van der Waals surface area contributed by atoms with Crippen LogP contribution < -0.4 is 0 Å². The highest BCUT2D eigenvalue weighted by atomic mass is 16.6. The summed E-state index contributed by atoms with van der Waals surface area (Å²) in [5, 5.41) is 0. The summed E-state index contributed by atoms with van der Waals surface area (Å²) >= 11 is 0. The molecular formula is C27H29NO4. The van der Waals surface area contributed by atoms with Crippen LogP contribution in [0.2, 0.25) is 0 Å². The molecule has 5 heteroatoms. The van der Waals surface area contributed by atoms with Gasteiger partial charge in [0.05, 0.1) is 12.7 Å². The molecule has 1 saturated heterocycles. The van der Waals surface area contributed by atoms with E-state index >= 15 is 0 Å². The molecular weight excluding hydrogens is 402 g/mol. The maximum Gasteiger partial charge on any atom is 0.409 e. The van der Waals surface area contributed by atoms with E-state index in [4.69, 9.17) is 9.47 Å². The third-order valence-corrected chi connectivity index (χ3v) is 6.68. The molecule has 4 rings (SSSR count). The number of ether oxygens (including phenoxy) is 2. The Morgan fingerprint density at radius 2 is 1.91 bits per heavy atom. The summed E-state index contributed by atoms with van der Waals surface area (Å²) in [5.41, 5.74) is 2.49. The number of methoxy groups -OCH3 is 1. The molecule has 0 radical (unpaired) electrons. The van der Waals surface area contributed by atoms with Crippen LogP contribution in [-0.4, -0.2) is 42.3 Å². The number of likely N-dealkylation sites (tertiary alicyclic amines) is 1. The van der Waals surface area contributed by atoms with Crippen LogP contribution >= 0.6 is 0 Å². The smallest absolute Gasteiger partial charge is 0.409 e. The van der Waals surface area contributed by atoms with Crippen molar-refractivity contribution in [3.8, 4) is 11.8 Å². The molecule has 5 nitrogen and oxygen atoms in total. The zero-order chi connectivity index (χ0) is 22.7. The fourth-order valence-corrected chi connectivity index (χ4v) is 5.09. The van der Waals surface area contributed by atoms with Crippen LogP contribution in [0.1, 0.15) is 52.7 Å². The Kier molecular flexibility index (Phi) is 6.23. The summed E-state index contributed by atoms with van der Waals surface area (Å²) in [7, 11) is 1.40. The van der Waals surface area contributed by atoms with Crippen molar-refractivity contribution in [1.29, 1.82) is 0 Å². The minimum atomic E-state index is -0.950. The van der Waals surface area contributed by atoms with E-state index in [2.05, 4.69) is 11.8 Å². The zero-order valence-corrected chi connectivity index (χ0v) is 18.9. The lowest BCUT2D eigenvalue weighted by atomic mass is 9.72. The van der Waals surface area contributed by atoms with Crippen LogP contribution in [0, 0.1) is 31.6 Å². The van der Waals surface area contributed by atoms with Crippen molar-refractivity contribution in [1.82, 2.24) is 4.90 Å². The first-order chi connectivity index (χ1) is 15.4. The molecule has 2 aromatic rings. The van der Waals surface area contributed by atoms with Crippen molar-refractivity contribution in [3.63, 3.8) is 0 Å². The normalized spacial score (nSPS) is 24.2. The summed E-state index contributed by atoms with van der Waals surface area (Å²) < 4.78 is 11.3. The molecule has 1 aliphatic heterocycles. The number of esters is 1. The van der Waals surface area contributed by atoms with Crippen molar-refractivity contribution in [2.75, 3.05) is 13.7 Å². The quantitative estimate of drug-likeness (QED) is 0.502. The predicted octanol–water partition coefficient (Wildman–Crippen LogP) is 4.89. The number of fused-ring (bicyclic) bond motifs is 1. The standard InChI is InChI=1S/C27H29NO4/c1-19-8-6-10-21(18-19)13-16-27(32-25(29)22-11-5-4-9-20(22)2)15-7-12-24-23(27)14-17-28(24)26(30)31-3/h4-6,8-11,18,23-24H,7,12,14-15,17H2,1-3H3. The number of rotatable bonds is 2. The number of amides is 1. The van der Waals surface area contributed by atoms with Crippen LogP contribution in [0.4, 0.5) is 4.79 Å². The fourth-order valence-electron chi connectivity index (χ4n) is 5.09. The van der Waals surface area contributed by atoms with E-state index in [1.807, 2.05) is 56.3 Å². The lowest BCUT2D eigenvalue weighted by Crippen LogP contribution is -2.51. The SMILES string of the molecule is COC(=O)N1CCC2C1CCCC2(C#Cc1cccc(C)c1)OC(=O)c1ccccc1C. The van der Waals surface area contributed by atoms with E-state index in [-0.39, 0.29) is 24.0 Å². The van der Waals surface area contributed by atoms with Crippen LogP contribution in [0.5, 0.6) is 0 Å². The van der Waals surface area contributed by atoms with Crippen LogP contribution in [0.15, 0.2) is 48.5 Å². The minimum Gasteiger partial charge on any atom is -0.453 e. The Hall–Kier alpha value is -3.26. The molecule has 166 valence electrons. The van der Waals surface area contributed by atoms with Gasteiger partial charge >= 0.3 is 12.1 Å². The lowest BCUT2D eigenvalue weighted by Gasteiger charge is -2.42. The van der Waals surface area contributed by atoms with E-state index in [1.54, 1.807) is 11.0 Å². The van der Waals surface area contributed by atoms with E-state index in [9.17, 15) is 9.59 Å². The highest BCUT2D eigenvalue weighted by Gasteiger charge is 2.54. The molecule has 1 saturated carbocycles. The third-order valence-electron chi connectivity index (χ3n) is 6.68. The van der Waals surface area contributed by atoms with E-state index in [0.717, 1.165) is 36.0 Å². The monoisotopic (exact) mass is 431 g/mol. The molecule has 1 amide bonds. The summed E-state index contributed by atoms with van der Waals surface area (Å²) in [6, 6.07) is 15.4. The van der Waals surface area contributed by atoms with Gasteiger partial charge in [-0.25, -0.2) is 9.59 Å². The van der Waals surface area contributed by atoms with Gasteiger partial charge in [0, 0.05) is 24.1 Å². The van der Waals surface area contributed by atoms with Gasteiger partial charge in [0.15, 0.2) is 5.60 Å². The Labute approximate surface area is 189 Å². The number of carbonyl (C=O) groups is 2. The van der Waals surface area contributed by atoms with E-state index in [1.165, 1.54) is 7.11 Å². The minimum absolute atomic E-state index is 0.0484. The molecule has 2 fully saturated rings. The van der Waals surface area contributed by atoms with Gasteiger partial charge in [0.1, 0.15) is 0 Å². The van der Waals surface area contributed by atoms with Crippen molar-refractivity contribution in [2.24, 2.45) is 5.92 Å². The topological polar surface area (TPSA) is 55.8 Å². The molecule has 2 aliphatic rings. The van der Waals surface area contributed by atoms with E-state index in [0.29, 0.717) is 18.5 Å². The average molecular weight is 432 g/mol. The van der Waals surface area contributed by atoms with Crippen molar-refractivity contribution < 1.29 is 19.1 Å². The first kappa shape index (κ1) is 22.0.